The van der Waals surface area contributed by atoms with Crippen LogP contribution in [0.4, 0.5) is 10.5 Å². The molecular formula is C23H28N4O5. The zero-order chi connectivity index (χ0) is 23.8. The molecule has 2 heterocycles. The van der Waals surface area contributed by atoms with Gasteiger partial charge in [0.25, 0.3) is 11.6 Å². The monoisotopic (exact) mass is 440 g/mol. The summed E-state index contributed by atoms with van der Waals surface area (Å²) in [5, 5.41) is 13.5. The lowest BCUT2D eigenvalue weighted by atomic mass is 9.92. The third-order valence-corrected chi connectivity index (χ3v) is 6.04. The first-order valence-corrected chi connectivity index (χ1v) is 10.5. The van der Waals surface area contributed by atoms with E-state index in [2.05, 4.69) is 23.7 Å². The first kappa shape index (κ1) is 23.2. The second kappa shape index (κ2) is 8.57. The van der Waals surface area contributed by atoms with Gasteiger partial charge in [0.1, 0.15) is 5.54 Å². The molecule has 1 saturated heterocycles. The maximum Gasteiger partial charge on any atom is 0.325 e. The van der Waals surface area contributed by atoms with Crippen molar-refractivity contribution in [2.24, 2.45) is 5.92 Å². The molecule has 1 aliphatic rings. The van der Waals surface area contributed by atoms with Crippen molar-refractivity contribution < 1.29 is 19.3 Å². The largest absolute Gasteiger partial charge is 0.348 e. The number of benzene rings is 1. The van der Waals surface area contributed by atoms with E-state index in [9.17, 15) is 24.5 Å². The van der Waals surface area contributed by atoms with Crippen molar-refractivity contribution in [2.75, 3.05) is 6.54 Å². The lowest BCUT2D eigenvalue weighted by molar-refractivity contribution is -0.384. The Balaban J connectivity index is 1.80. The molecule has 3 amide bonds. The Morgan fingerprint density at radius 2 is 1.81 bits per heavy atom. The molecule has 170 valence electrons. The number of ketones is 1. The van der Waals surface area contributed by atoms with Crippen molar-refractivity contribution >= 4 is 23.4 Å². The number of non-ortho nitro benzene ring substituents is 1. The van der Waals surface area contributed by atoms with E-state index in [1.807, 2.05) is 13.8 Å². The third-order valence-electron chi connectivity index (χ3n) is 6.04. The molecule has 1 N–H and O–H groups in total. The van der Waals surface area contributed by atoms with Crippen LogP contribution in [0.3, 0.4) is 0 Å². The van der Waals surface area contributed by atoms with Crippen LogP contribution in [0, 0.1) is 29.9 Å². The van der Waals surface area contributed by atoms with E-state index in [-0.39, 0.29) is 18.0 Å². The average molecular weight is 441 g/mol. The second-order valence-electron chi connectivity index (χ2n) is 8.79. The van der Waals surface area contributed by atoms with Crippen molar-refractivity contribution in [3.8, 4) is 0 Å². The smallest absolute Gasteiger partial charge is 0.325 e. The van der Waals surface area contributed by atoms with E-state index < -0.39 is 22.4 Å². The maximum absolute atomic E-state index is 13.1. The Bertz CT molecular complexity index is 1090. The lowest BCUT2D eigenvalue weighted by Crippen LogP contribution is -2.41. The van der Waals surface area contributed by atoms with E-state index in [0.717, 1.165) is 29.3 Å². The maximum atomic E-state index is 13.1. The third kappa shape index (κ3) is 4.15. The van der Waals surface area contributed by atoms with Crippen LogP contribution in [-0.4, -0.2) is 38.7 Å². The molecule has 0 saturated carbocycles. The standard InChI is InChI=1S/C23H28N4O5/c1-14(2)10-11-25-15(3)12-19(16(25)4)20(28)13-26-21(29)23(5,24-22(26)30)17-6-8-18(9-7-17)27(31)32/h6-9,12,14H,10-11,13H2,1-5H3,(H,24,30). The van der Waals surface area contributed by atoms with Crippen LogP contribution < -0.4 is 5.32 Å². The first-order valence-electron chi connectivity index (χ1n) is 10.5. The number of aryl methyl sites for hydroxylation is 1. The highest BCUT2D eigenvalue weighted by Crippen LogP contribution is 2.30. The molecule has 1 unspecified atom stereocenters. The number of carbonyl (C=O) groups excluding carboxylic acids is 3. The van der Waals surface area contributed by atoms with Gasteiger partial charge in [0.2, 0.25) is 0 Å². The molecule has 9 heteroatoms. The first-order chi connectivity index (χ1) is 15.0. The highest BCUT2D eigenvalue weighted by atomic mass is 16.6. The van der Waals surface area contributed by atoms with E-state index >= 15 is 0 Å². The van der Waals surface area contributed by atoms with E-state index in [1.54, 1.807) is 6.07 Å². The minimum atomic E-state index is -1.40. The number of hydrogen-bond acceptors (Lipinski definition) is 5. The fraction of sp³-hybridized carbons (Fsp3) is 0.435. The number of nitrogens with one attached hydrogen (secondary N) is 1. The van der Waals surface area contributed by atoms with Gasteiger partial charge in [-0.2, -0.15) is 0 Å². The Morgan fingerprint density at radius 3 is 2.38 bits per heavy atom. The predicted molar refractivity (Wildman–Crippen MR) is 118 cm³/mol. The SMILES string of the molecule is Cc1cc(C(=O)CN2C(=O)NC(C)(c3ccc([N+](=O)[O-])cc3)C2=O)c(C)n1CCC(C)C. The van der Waals surface area contributed by atoms with Crippen molar-refractivity contribution in [2.45, 2.75) is 53.1 Å². The minimum Gasteiger partial charge on any atom is -0.348 e. The van der Waals surface area contributed by atoms with Gasteiger partial charge in [-0.1, -0.05) is 13.8 Å². The zero-order valence-electron chi connectivity index (χ0n) is 19.0. The van der Waals surface area contributed by atoms with Gasteiger partial charge in [-0.25, -0.2) is 4.79 Å². The van der Waals surface area contributed by atoms with Gasteiger partial charge in [-0.15, -0.1) is 0 Å². The Hall–Kier alpha value is -3.49. The topological polar surface area (TPSA) is 115 Å². The molecule has 0 aliphatic carbocycles. The minimum absolute atomic E-state index is 0.117. The summed E-state index contributed by atoms with van der Waals surface area (Å²) in [6.07, 6.45) is 0.977. The number of rotatable bonds is 8. The fourth-order valence-electron chi connectivity index (χ4n) is 4.00. The number of nitro benzene ring substituents is 1. The van der Waals surface area contributed by atoms with Gasteiger partial charge in [-0.3, -0.25) is 24.6 Å². The van der Waals surface area contributed by atoms with Crippen molar-refractivity contribution in [1.82, 2.24) is 14.8 Å². The molecule has 1 aliphatic heterocycles. The zero-order valence-corrected chi connectivity index (χ0v) is 19.0. The van der Waals surface area contributed by atoms with Gasteiger partial charge in [0.05, 0.1) is 11.5 Å². The number of Topliss-reactive ketones (excluding diaryl/α,β-unsaturated/α-hetero) is 1. The average Bonchev–Trinajstić information content (AvgIpc) is 3.14. The number of nitrogens with zero attached hydrogens (tertiary/aromatic N) is 3. The summed E-state index contributed by atoms with van der Waals surface area (Å²) in [6.45, 7) is 10.0. The number of carbonyl (C=O) groups is 3. The summed E-state index contributed by atoms with van der Waals surface area (Å²) < 4.78 is 2.08. The van der Waals surface area contributed by atoms with E-state index in [4.69, 9.17) is 0 Å². The Morgan fingerprint density at radius 1 is 1.19 bits per heavy atom. The normalized spacial score (nSPS) is 18.4. The quantitative estimate of drug-likeness (QED) is 0.291. The molecule has 2 aromatic rings. The molecule has 1 fully saturated rings. The number of imide groups is 1. The summed E-state index contributed by atoms with van der Waals surface area (Å²) in [6, 6.07) is 6.55. The van der Waals surface area contributed by atoms with Crippen LogP contribution in [0.2, 0.25) is 0 Å². The summed E-state index contributed by atoms with van der Waals surface area (Å²) in [4.78, 5) is 50.0. The van der Waals surface area contributed by atoms with Crippen LogP contribution in [-0.2, 0) is 16.9 Å². The van der Waals surface area contributed by atoms with Crippen molar-refractivity contribution in [1.29, 1.82) is 0 Å². The molecule has 9 nitrogen and oxygen atoms in total. The van der Waals surface area contributed by atoms with E-state index in [1.165, 1.54) is 31.2 Å². The number of aromatic nitrogens is 1. The summed E-state index contributed by atoms with van der Waals surface area (Å²) in [7, 11) is 0. The van der Waals surface area contributed by atoms with Crippen LogP contribution >= 0.6 is 0 Å². The molecule has 0 radical (unpaired) electrons. The van der Waals surface area contributed by atoms with Gasteiger partial charge in [0, 0.05) is 35.6 Å². The highest BCUT2D eigenvalue weighted by Gasteiger charge is 2.49. The van der Waals surface area contributed by atoms with Crippen molar-refractivity contribution in [3.63, 3.8) is 0 Å². The molecule has 1 atom stereocenters. The molecule has 0 bridgehead atoms. The Kier molecular flexibility index (Phi) is 6.20. The number of amides is 3. The number of nitro groups is 1. The predicted octanol–water partition coefficient (Wildman–Crippen LogP) is 3.71. The molecule has 3 rings (SSSR count). The van der Waals surface area contributed by atoms with Crippen LogP contribution in [0.5, 0.6) is 0 Å². The van der Waals surface area contributed by atoms with Gasteiger partial charge in [-0.05, 0) is 56.9 Å². The summed E-state index contributed by atoms with van der Waals surface area (Å²) in [5.74, 6) is -0.359. The molecule has 1 aromatic heterocycles. The molecule has 32 heavy (non-hydrogen) atoms. The van der Waals surface area contributed by atoms with Crippen molar-refractivity contribution in [3.05, 3.63) is 63.0 Å². The summed E-state index contributed by atoms with van der Waals surface area (Å²) in [5.41, 5.74) is 1.16. The molecule has 0 spiro atoms. The lowest BCUT2D eigenvalue weighted by Gasteiger charge is -2.22. The number of hydrogen-bond donors (Lipinski definition) is 1. The van der Waals surface area contributed by atoms with E-state index in [0.29, 0.717) is 17.0 Å². The van der Waals surface area contributed by atoms with Gasteiger partial charge >= 0.3 is 6.03 Å². The molecular weight excluding hydrogens is 412 g/mol. The second-order valence-corrected chi connectivity index (χ2v) is 8.79. The van der Waals surface area contributed by atoms with Gasteiger partial charge < -0.3 is 9.88 Å². The van der Waals surface area contributed by atoms with Crippen LogP contribution in [0.1, 0.15) is 54.5 Å². The van der Waals surface area contributed by atoms with Crippen LogP contribution in [0.15, 0.2) is 30.3 Å². The number of urea groups is 1. The molecule has 1 aromatic carbocycles. The highest BCUT2D eigenvalue weighted by molar-refractivity contribution is 6.11. The fourth-order valence-corrected chi connectivity index (χ4v) is 4.00. The van der Waals surface area contributed by atoms with Crippen LogP contribution in [0.25, 0.3) is 0 Å². The summed E-state index contributed by atoms with van der Waals surface area (Å²) >= 11 is 0. The van der Waals surface area contributed by atoms with Gasteiger partial charge in [0.15, 0.2) is 5.78 Å². The Labute approximate surface area is 186 Å².